The molecule has 0 aliphatic heterocycles. The van der Waals surface area contributed by atoms with Crippen molar-refractivity contribution in [1.29, 1.82) is 0 Å². The zero-order chi connectivity index (χ0) is 17.1. The molecule has 1 fully saturated rings. The Balaban J connectivity index is 2.03. The molecule has 6 heteroatoms. The number of carboxylic acids is 1. The number of ether oxygens (including phenoxy) is 2. The highest BCUT2D eigenvalue weighted by atomic mass is 16.5. The van der Waals surface area contributed by atoms with Gasteiger partial charge in [0, 0.05) is 0 Å². The lowest BCUT2D eigenvalue weighted by Crippen LogP contribution is -2.29. The highest BCUT2D eigenvalue weighted by Crippen LogP contribution is 2.39. The van der Waals surface area contributed by atoms with Gasteiger partial charge in [-0.1, -0.05) is 6.07 Å². The Hall–Kier alpha value is -2.24. The largest absolute Gasteiger partial charge is 0.493 e. The van der Waals surface area contributed by atoms with Crippen molar-refractivity contribution in [2.75, 3.05) is 7.11 Å². The van der Waals surface area contributed by atoms with E-state index in [2.05, 4.69) is 5.32 Å². The van der Waals surface area contributed by atoms with Gasteiger partial charge in [-0.25, -0.2) is 0 Å². The molecule has 0 bridgehead atoms. The molecule has 1 aliphatic rings. The van der Waals surface area contributed by atoms with Crippen LogP contribution in [-0.4, -0.2) is 30.2 Å². The zero-order valence-electron chi connectivity index (χ0n) is 13.8. The van der Waals surface area contributed by atoms with Crippen LogP contribution in [0.1, 0.15) is 38.8 Å². The van der Waals surface area contributed by atoms with Crippen molar-refractivity contribution in [1.82, 2.24) is 5.32 Å². The third kappa shape index (κ3) is 4.15. The summed E-state index contributed by atoms with van der Waals surface area (Å²) in [6.45, 7) is 5.73. The summed E-state index contributed by atoms with van der Waals surface area (Å²) in [6, 6.07) is 5.27. The van der Waals surface area contributed by atoms with E-state index >= 15 is 0 Å². The van der Waals surface area contributed by atoms with E-state index in [1.165, 1.54) is 0 Å². The molecule has 2 N–H and O–H groups in total. The minimum atomic E-state index is -0.908. The first-order chi connectivity index (χ1) is 10.8. The van der Waals surface area contributed by atoms with Crippen molar-refractivity contribution in [3.63, 3.8) is 0 Å². The molecule has 1 aliphatic carbocycles. The SMILES string of the molecule is COc1cc([C@H](C)NC(=O)[C@@H]2C[C@H]2C(=O)O)ccc1OC(C)C. The number of carbonyl (C=O) groups excluding carboxylic acids is 1. The van der Waals surface area contributed by atoms with Crippen molar-refractivity contribution in [2.24, 2.45) is 11.8 Å². The summed E-state index contributed by atoms with van der Waals surface area (Å²) in [7, 11) is 1.57. The second kappa shape index (κ2) is 6.89. The van der Waals surface area contributed by atoms with Crippen LogP contribution < -0.4 is 14.8 Å². The van der Waals surface area contributed by atoms with E-state index in [0.717, 1.165) is 5.56 Å². The van der Waals surface area contributed by atoms with E-state index in [4.69, 9.17) is 14.6 Å². The minimum Gasteiger partial charge on any atom is -0.493 e. The van der Waals surface area contributed by atoms with E-state index in [-0.39, 0.29) is 18.1 Å². The third-order valence-electron chi connectivity index (χ3n) is 3.85. The number of hydrogen-bond acceptors (Lipinski definition) is 4. The maximum Gasteiger partial charge on any atom is 0.307 e. The van der Waals surface area contributed by atoms with Crippen LogP contribution in [0.5, 0.6) is 11.5 Å². The fourth-order valence-corrected chi connectivity index (χ4v) is 2.47. The van der Waals surface area contributed by atoms with Crippen molar-refractivity contribution in [2.45, 2.75) is 39.3 Å². The van der Waals surface area contributed by atoms with E-state index in [1.54, 1.807) is 7.11 Å². The molecule has 126 valence electrons. The molecule has 2 rings (SSSR count). The molecule has 1 saturated carbocycles. The molecule has 0 radical (unpaired) electrons. The summed E-state index contributed by atoms with van der Waals surface area (Å²) in [6.07, 6.45) is 0.452. The quantitative estimate of drug-likeness (QED) is 0.805. The van der Waals surface area contributed by atoms with Crippen LogP contribution in [0, 0.1) is 11.8 Å². The molecule has 0 unspecified atom stereocenters. The van der Waals surface area contributed by atoms with Crippen LogP contribution in [0.15, 0.2) is 18.2 Å². The lowest BCUT2D eigenvalue weighted by molar-refractivity contribution is -0.140. The Bertz CT molecular complexity index is 599. The number of amides is 1. The van der Waals surface area contributed by atoms with E-state index < -0.39 is 17.8 Å². The van der Waals surface area contributed by atoms with Gasteiger partial charge in [0.2, 0.25) is 5.91 Å². The second-order valence-corrected chi connectivity index (χ2v) is 6.09. The van der Waals surface area contributed by atoms with Gasteiger partial charge in [-0.2, -0.15) is 0 Å². The predicted molar refractivity (Wildman–Crippen MR) is 84.5 cm³/mol. The topological polar surface area (TPSA) is 84.9 Å². The molecule has 6 nitrogen and oxygen atoms in total. The highest BCUT2D eigenvalue weighted by molar-refractivity contribution is 5.89. The lowest BCUT2D eigenvalue weighted by atomic mass is 10.1. The van der Waals surface area contributed by atoms with Crippen LogP contribution in [0.25, 0.3) is 0 Å². The first kappa shape index (κ1) is 17.1. The maximum absolute atomic E-state index is 12.0. The highest BCUT2D eigenvalue weighted by Gasteiger charge is 2.48. The van der Waals surface area contributed by atoms with Gasteiger partial charge in [-0.05, 0) is 44.9 Å². The molecule has 0 saturated heterocycles. The van der Waals surface area contributed by atoms with Gasteiger partial charge in [0.05, 0.1) is 31.1 Å². The smallest absolute Gasteiger partial charge is 0.307 e. The average molecular weight is 321 g/mol. The monoisotopic (exact) mass is 321 g/mol. The van der Waals surface area contributed by atoms with Gasteiger partial charge in [-0.15, -0.1) is 0 Å². The van der Waals surface area contributed by atoms with Crippen molar-refractivity contribution < 1.29 is 24.2 Å². The molecule has 1 aromatic rings. The van der Waals surface area contributed by atoms with Crippen LogP contribution in [0.2, 0.25) is 0 Å². The zero-order valence-corrected chi connectivity index (χ0v) is 13.8. The van der Waals surface area contributed by atoms with Crippen LogP contribution in [-0.2, 0) is 9.59 Å². The number of aliphatic carboxylic acids is 1. The van der Waals surface area contributed by atoms with E-state index in [9.17, 15) is 9.59 Å². The lowest BCUT2D eigenvalue weighted by Gasteiger charge is -2.18. The van der Waals surface area contributed by atoms with Crippen LogP contribution in [0.3, 0.4) is 0 Å². The van der Waals surface area contributed by atoms with Gasteiger partial charge >= 0.3 is 5.97 Å². The molecule has 0 aromatic heterocycles. The van der Waals surface area contributed by atoms with Gasteiger partial charge in [0.15, 0.2) is 11.5 Å². The summed E-state index contributed by atoms with van der Waals surface area (Å²) in [5.74, 6) is -0.829. The van der Waals surface area contributed by atoms with Crippen LogP contribution in [0.4, 0.5) is 0 Å². The predicted octanol–water partition coefficient (Wildman–Crippen LogP) is 2.38. The van der Waals surface area contributed by atoms with Crippen LogP contribution >= 0.6 is 0 Å². The summed E-state index contributed by atoms with van der Waals surface area (Å²) in [4.78, 5) is 22.9. The Morgan fingerprint density at radius 1 is 1.22 bits per heavy atom. The number of benzene rings is 1. The average Bonchev–Trinajstić information content (AvgIpc) is 3.27. The number of hydrogen-bond donors (Lipinski definition) is 2. The Morgan fingerprint density at radius 2 is 1.91 bits per heavy atom. The molecule has 0 heterocycles. The summed E-state index contributed by atoms with van der Waals surface area (Å²) in [5, 5.41) is 11.7. The third-order valence-corrected chi connectivity index (χ3v) is 3.85. The van der Waals surface area contributed by atoms with Crippen molar-refractivity contribution in [3.05, 3.63) is 23.8 Å². The molecule has 3 atom stereocenters. The van der Waals surface area contributed by atoms with E-state index in [0.29, 0.717) is 17.9 Å². The van der Waals surface area contributed by atoms with Gasteiger partial charge < -0.3 is 19.9 Å². The normalized spacial score (nSPS) is 20.7. The summed E-state index contributed by atoms with van der Waals surface area (Å²) < 4.78 is 11.0. The number of nitrogens with one attached hydrogen (secondary N) is 1. The first-order valence-electron chi connectivity index (χ1n) is 7.71. The standard InChI is InChI=1S/C17H23NO5/c1-9(2)23-14-6-5-11(7-15(14)22-4)10(3)18-16(19)12-8-13(12)17(20)21/h5-7,9-10,12-13H,8H2,1-4H3,(H,18,19)(H,20,21)/t10-,12+,13+/m0/s1. The number of methoxy groups -OCH3 is 1. The Labute approximate surface area is 135 Å². The number of carbonyl (C=O) groups is 2. The molecule has 1 aromatic carbocycles. The van der Waals surface area contributed by atoms with Crippen molar-refractivity contribution >= 4 is 11.9 Å². The van der Waals surface area contributed by atoms with Crippen molar-refractivity contribution in [3.8, 4) is 11.5 Å². The molecule has 23 heavy (non-hydrogen) atoms. The summed E-state index contributed by atoms with van der Waals surface area (Å²) >= 11 is 0. The second-order valence-electron chi connectivity index (χ2n) is 6.09. The fourth-order valence-electron chi connectivity index (χ4n) is 2.47. The molecule has 0 spiro atoms. The summed E-state index contributed by atoms with van der Waals surface area (Å²) in [5.41, 5.74) is 0.874. The molecule has 1 amide bonds. The van der Waals surface area contributed by atoms with Gasteiger partial charge in [-0.3, -0.25) is 9.59 Å². The molecular formula is C17H23NO5. The molecular weight excluding hydrogens is 298 g/mol. The van der Waals surface area contributed by atoms with E-state index in [1.807, 2.05) is 39.0 Å². The van der Waals surface area contributed by atoms with Gasteiger partial charge in [0.1, 0.15) is 0 Å². The fraction of sp³-hybridized carbons (Fsp3) is 0.529. The first-order valence-corrected chi connectivity index (χ1v) is 7.71. The minimum absolute atomic E-state index is 0.0368. The maximum atomic E-state index is 12.0. The Kier molecular flexibility index (Phi) is 5.13. The Morgan fingerprint density at radius 3 is 2.43 bits per heavy atom. The number of carboxylic acid groups (broad SMARTS) is 1. The van der Waals surface area contributed by atoms with Gasteiger partial charge in [0.25, 0.3) is 0 Å². The number of rotatable bonds is 7.